The molecule has 3 aromatic carbocycles. The van der Waals surface area contributed by atoms with E-state index in [1.807, 2.05) is 79.7 Å². The summed E-state index contributed by atoms with van der Waals surface area (Å²) < 4.78 is 0. The molecule has 0 radical (unpaired) electrons. The van der Waals surface area contributed by atoms with E-state index in [1.165, 1.54) is 11.9 Å². The van der Waals surface area contributed by atoms with Crippen molar-refractivity contribution >= 4 is 57.9 Å². The summed E-state index contributed by atoms with van der Waals surface area (Å²) in [6.07, 6.45) is 1.94. The highest BCUT2D eigenvalue weighted by Gasteiger charge is 2.38. The van der Waals surface area contributed by atoms with Crippen LogP contribution in [0.25, 0.3) is 21.7 Å². The number of nitrogens with one attached hydrogen (secondary N) is 3. The van der Waals surface area contributed by atoms with Gasteiger partial charge in [-0.3, -0.25) is 24.2 Å². The van der Waals surface area contributed by atoms with Gasteiger partial charge in [0, 0.05) is 31.2 Å². The molecule has 1 aliphatic heterocycles. The van der Waals surface area contributed by atoms with E-state index in [2.05, 4.69) is 28.6 Å². The van der Waals surface area contributed by atoms with Crippen molar-refractivity contribution in [1.29, 1.82) is 0 Å². The molecule has 1 fully saturated rings. The molecule has 10 heteroatoms. The minimum atomic E-state index is -0.949. The molecule has 1 aromatic heterocycles. The van der Waals surface area contributed by atoms with Gasteiger partial charge in [-0.25, -0.2) is 0 Å². The second-order valence-corrected chi connectivity index (χ2v) is 11.4. The number of likely N-dealkylation sites (tertiary alicyclic amines) is 1. The van der Waals surface area contributed by atoms with Crippen molar-refractivity contribution < 1.29 is 19.2 Å². The first kappa shape index (κ1) is 31.0. The van der Waals surface area contributed by atoms with Crippen molar-refractivity contribution in [2.75, 3.05) is 19.3 Å². The fraction of sp³-hybridized carbons (Fsp3) is 0.324. The molecule has 0 spiro atoms. The topological polar surface area (TPSA) is 120 Å². The van der Waals surface area contributed by atoms with Crippen molar-refractivity contribution in [3.8, 4) is 0 Å². The Balaban J connectivity index is 1.32. The van der Waals surface area contributed by atoms with Gasteiger partial charge in [0.05, 0.1) is 16.8 Å². The molecule has 1 aliphatic rings. The lowest BCUT2D eigenvalue weighted by Crippen LogP contribution is -2.57. The molecule has 0 unspecified atom stereocenters. The predicted octanol–water partition coefficient (Wildman–Crippen LogP) is 3.44. The van der Waals surface area contributed by atoms with Crippen molar-refractivity contribution in [2.24, 2.45) is 0 Å². The zero-order valence-corrected chi connectivity index (χ0v) is 25.8. The van der Waals surface area contributed by atoms with Gasteiger partial charge in [-0.15, -0.1) is 0 Å². The lowest BCUT2D eigenvalue weighted by atomic mass is 10.0. The van der Waals surface area contributed by atoms with E-state index < -0.39 is 29.9 Å². The highest BCUT2D eigenvalue weighted by Crippen LogP contribution is 2.25. The maximum atomic E-state index is 13.7. The molecule has 0 aliphatic carbocycles. The molecule has 4 aromatic rings. The van der Waals surface area contributed by atoms with E-state index in [0.29, 0.717) is 43.5 Å². The first-order valence-electron chi connectivity index (χ1n) is 14.9. The molecule has 5 rings (SSSR count). The molecule has 9 nitrogen and oxygen atoms in total. The Hall–Kier alpha value is -4.44. The van der Waals surface area contributed by atoms with Gasteiger partial charge in [0.2, 0.25) is 17.7 Å². The van der Waals surface area contributed by atoms with Crippen LogP contribution < -0.4 is 16.0 Å². The number of likely N-dealkylation sites (N-methyl/N-ethyl adjacent to an activating group) is 1. The maximum Gasteiger partial charge on any atom is 0.253 e. The number of carbonyl (C=O) groups is 4. The van der Waals surface area contributed by atoms with E-state index in [9.17, 15) is 19.2 Å². The summed E-state index contributed by atoms with van der Waals surface area (Å²) in [4.78, 5) is 59.6. The van der Waals surface area contributed by atoms with E-state index >= 15 is 0 Å². The third-order valence-corrected chi connectivity index (χ3v) is 8.49. The summed E-state index contributed by atoms with van der Waals surface area (Å²) in [5, 5.41) is 11.3. The summed E-state index contributed by atoms with van der Waals surface area (Å²) >= 11 is 4.38. The molecule has 3 atom stereocenters. The first-order chi connectivity index (χ1) is 21.3. The third kappa shape index (κ3) is 6.70. The average molecular weight is 612 g/mol. The number of hydrogen-bond donors (Lipinski definition) is 4. The molecule has 44 heavy (non-hydrogen) atoms. The predicted molar refractivity (Wildman–Crippen MR) is 175 cm³/mol. The first-order valence-corrected chi connectivity index (χ1v) is 15.6. The Bertz CT molecular complexity index is 1700. The summed E-state index contributed by atoms with van der Waals surface area (Å²) in [5.41, 5.74) is 2.74. The smallest absolute Gasteiger partial charge is 0.253 e. The monoisotopic (exact) mass is 611 g/mol. The average Bonchev–Trinajstić information content (AvgIpc) is 3.55. The minimum absolute atomic E-state index is 0.0530. The summed E-state index contributed by atoms with van der Waals surface area (Å²) in [7, 11) is 1.52. The van der Waals surface area contributed by atoms with Crippen LogP contribution in [-0.2, 0) is 27.2 Å². The van der Waals surface area contributed by atoms with Crippen LogP contribution in [0.3, 0.4) is 0 Å². The van der Waals surface area contributed by atoms with Crippen molar-refractivity contribution in [2.45, 2.75) is 50.7 Å². The zero-order chi connectivity index (χ0) is 31.2. The van der Waals surface area contributed by atoms with Crippen LogP contribution in [0.5, 0.6) is 0 Å². The summed E-state index contributed by atoms with van der Waals surface area (Å²) in [6, 6.07) is 20.7. The van der Waals surface area contributed by atoms with Crippen LogP contribution >= 0.6 is 12.6 Å². The molecular weight excluding hydrogens is 574 g/mol. The van der Waals surface area contributed by atoms with E-state index in [1.54, 1.807) is 0 Å². The van der Waals surface area contributed by atoms with Crippen molar-refractivity contribution in [1.82, 2.24) is 25.8 Å². The zero-order valence-electron chi connectivity index (χ0n) is 24.9. The number of fused-ring (bicyclic) bond motifs is 2. The van der Waals surface area contributed by atoms with Gasteiger partial charge in [-0.1, -0.05) is 61.5 Å². The van der Waals surface area contributed by atoms with Crippen LogP contribution in [-0.4, -0.2) is 71.0 Å². The second-order valence-electron chi connectivity index (χ2n) is 11.0. The van der Waals surface area contributed by atoms with Crippen molar-refractivity contribution in [3.63, 3.8) is 0 Å². The number of hydrogen-bond acceptors (Lipinski definition) is 6. The molecule has 2 heterocycles. The van der Waals surface area contributed by atoms with Crippen LogP contribution in [0.1, 0.15) is 41.4 Å². The molecule has 0 saturated carbocycles. The largest absolute Gasteiger partial charge is 0.357 e. The SMILES string of the molecule is CCc1nc2cc3ccccc3cc2cc1C(=O)N[C@@H](CS)C(=O)N1CCC[C@H]1C(=O)N[C@@H](Cc1ccccc1)C(=O)NC. The molecular formula is C34H37N5O4S. The van der Waals surface area contributed by atoms with E-state index in [0.717, 1.165) is 27.2 Å². The number of pyridine rings is 1. The lowest BCUT2D eigenvalue weighted by molar-refractivity contribution is -0.140. The van der Waals surface area contributed by atoms with Gasteiger partial charge in [0.15, 0.2) is 0 Å². The van der Waals surface area contributed by atoms with Gasteiger partial charge >= 0.3 is 0 Å². The van der Waals surface area contributed by atoms with Crippen LogP contribution in [0.4, 0.5) is 0 Å². The van der Waals surface area contributed by atoms with Gasteiger partial charge < -0.3 is 20.9 Å². The maximum absolute atomic E-state index is 13.7. The molecule has 1 saturated heterocycles. The molecule has 0 bridgehead atoms. The number of aryl methyl sites for hydroxylation is 1. The fourth-order valence-corrected chi connectivity index (χ4v) is 6.04. The number of amides is 4. The number of nitrogens with zero attached hydrogens (tertiary/aromatic N) is 2. The van der Waals surface area contributed by atoms with E-state index in [4.69, 9.17) is 4.98 Å². The minimum Gasteiger partial charge on any atom is -0.357 e. The van der Waals surface area contributed by atoms with E-state index in [-0.39, 0.29) is 17.6 Å². The van der Waals surface area contributed by atoms with Crippen LogP contribution in [0, 0.1) is 0 Å². The molecule has 228 valence electrons. The van der Waals surface area contributed by atoms with Gasteiger partial charge in [0.25, 0.3) is 5.91 Å². The number of aromatic nitrogens is 1. The molecule has 3 N–H and O–H groups in total. The Kier molecular flexibility index (Phi) is 9.79. The highest BCUT2D eigenvalue weighted by atomic mass is 32.1. The fourth-order valence-electron chi connectivity index (χ4n) is 5.79. The van der Waals surface area contributed by atoms with Gasteiger partial charge in [-0.2, -0.15) is 12.6 Å². The Morgan fingerprint density at radius 3 is 2.32 bits per heavy atom. The highest BCUT2D eigenvalue weighted by molar-refractivity contribution is 7.80. The van der Waals surface area contributed by atoms with Crippen LogP contribution in [0.15, 0.2) is 72.8 Å². The third-order valence-electron chi connectivity index (χ3n) is 8.13. The standard InChI is InChI=1S/C34H37N5O4S/c1-3-26-25(18-24-17-22-12-7-8-13-23(22)19-27(24)36-26)31(40)38-29(20-44)34(43)39-15-9-14-30(39)33(42)37-28(32(41)35-2)16-21-10-5-4-6-11-21/h4-8,10-13,17-19,28-30,44H,3,9,14-16,20H2,1-2H3,(H,35,41)(H,37,42)(H,38,40)/t28-,29-,30-/m0/s1. The molecule has 4 amide bonds. The Morgan fingerprint density at radius 1 is 0.932 bits per heavy atom. The van der Waals surface area contributed by atoms with Crippen molar-refractivity contribution in [3.05, 3.63) is 89.6 Å². The summed E-state index contributed by atoms with van der Waals surface area (Å²) in [6.45, 7) is 2.30. The van der Waals surface area contributed by atoms with Gasteiger partial charge in [0.1, 0.15) is 18.1 Å². The lowest BCUT2D eigenvalue weighted by Gasteiger charge is -2.29. The number of rotatable bonds is 10. The normalized spacial score (nSPS) is 16.0. The second kappa shape index (κ2) is 13.9. The number of carbonyl (C=O) groups excluding carboxylic acids is 4. The number of benzene rings is 3. The summed E-state index contributed by atoms with van der Waals surface area (Å²) in [5.74, 6) is -1.47. The van der Waals surface area contributed by atoms with Gasteiger partial charge in [-0.05, 0) is 53.8 Å². The Morgan fingerprint density at radius 2 is 1.64 bits per heavy atom. The Labute approximate surface area is 262 Å². The number of thiol groups is 1. The quantitative estimate of drug-likeness (QED) is 0.162. The van der Waals surface area contributed by atoms with Crippen LogP contribution in [0.2, 0.25) is 0 Å².